The molecule has 1 aromatic heterocycles. The van der Waals surface area contributed by atoms with Gasteiger partial charge in [-0.15, -0.1) is 0 Å². The minimum atomic E-state index is -0.0608. The molecule has 0 spiro atoms. The fraction of sp³-hybridized carbons (Fsp3) is 0.102. The first kappa shape index (κ1) is 29.8. The molecule has 3 aliphatic rings. The molecule has 1 aliphatic heterocycles. The Hall–Kier alpha value is -6.12. The van der Waals surface area contributed by atoms with Gasteiger partial charge < -0.3 is 9.47 Å². The molecule has 0 bridgehead atoms. The molecule has 10 rings (SSSR count). The molecular weight excluding hydrogens is 617 g/mol. The molecule has 6 aromatic carbocycles. The molecule has 2 aliphatic carbocycles. The van der Waals surface area contributed by atoms with Crippen LogP contribution in [0.2, 0.25) is 0 Å². The summed E-state index contributed by atoms with van der Waals surface area (Å²) in [6, 6.07) is 47.1. The van der Waals surface area contributed by atoms with Crippen LogP contribution >= 0.6 is 0 Å². The number of fused-ring (bicyclic) bond motifs is 7. The van der Waals surface area contributed by atoms with E-state index < -0.39 is 0 Å². The summed E-state index contributed by atoms with van der Waals surface area (Å²) in [5.74, 6) is 0. The number of nitrogens with zero attached hydrogens (tertiary/aromatic N) is 2. The van der Waals surface area contributed by atoms with Gasteiger partial charge in [-0.05, 0) is 117 Å². The lowest BCUT2D eigenvalue weighted by molar-refractivity contribution is 0.660. The monoisotopic (exact) mass is 654 g/mol. The minimum Gasteiger partial charge on any atom is -0.314 e. The summed E-state index contributed by atoms with van der Waals surface area (Å²) in [6.07, 6.45) is 13.0. The van der Waals surface area contributed by atoms with Gasteiger partial charge in [-0.2, -0.15) is 0 Å². The summed E-state index contributed by atoms with van der Waals surface area (Å²) in [7, 11) is 0. The van der Waals surface area contributed by atoms with Crippen LogP contribution in [0.4, 0.5) is 5.69 Å². The first-order valence-corrected chi connectivity index (χ1v) is 18.0. The van der Waals surface area contributed by atoms with E-state index in [-0.39, 0.29) is 5.41 Å². The maximum Gasteiger partial charge on any atom is 0.0541 e. The molecule has 0 saturated heterocycles. The van der Waals surface area contributed by atoms with Crippen LogP contribution in [0.1, 0.15) is 43.4 Å². The number of rotatable bonds is 3. The highest BCUT2D eigenvalue weighted by Crippen LogP contribution is 2.50. The van der Waals surface area contributed by atoms with E-state index >= 15 is 0 Å². The van der Waals surface area contributed by atoms with Crippen LogP contribution < -0.4 is 4.90 Å². The number of hydrogen-bond donors (Lipinski definition) is 0. The van der Waals surface area contributed by atoms with E-state index in [1.165, 1.54) is 88.6 Å². The van der Waals surface area contributed by atoms with Crippen LogP contribution in [-0.4, -0.2) is 4.57 Å². The van der Waals surface area contributed by atoms with E-state index in [9.17, 15) is 0 Å². The first-order chi connectivity index (χ1) is 25.0. The predicted octanol–water partition coefficient (Wildman–Crippen LogP) is 12.8. The summed E-state index contributed by atoms with van der Waals surface area (Å²) in [5, 5.41) is 5.07. The Morgan fingerprint density at radius 1 is 0.588 bits per heavy atom. The van der Waals surface area contributed by atoms with E-state index in [1.807, 2.05) is 0 Å². The molecule has 0 atom stereocenters. The van der Waals surface area contributed by atoms with Gasteiger partial charge in [-0.25, -0.2) is 0 Å². The molecule has 0 fully saturated rings. The quantitative estimate of drug-likeness (QED) is 0.184. The third kappa shape index (κ3) is 4.56. The zero-order valence-electron chi connectivity index (χ0n) is 29.0. The third-order valence-corrected chi connectivity index (χ3v) is 11.4. The van der Waals surface area contributed by atoms with Crippen molar-refractivity contribution in [3.8, 4) is 16.8 Å². The average molecular weight is 655 g/mol. The van der Waals surface area contributed by atoms with Crippen molar-refractivity contribution in [2.45, 2.75) is 32.1 Å². The van der Waals surface area contributed by atoms with Crippen molar-refractivity contribution >= 4 is 43.8 Å². The van der Waals surface area contributed by atoms with Crippen LogP contribution in [-0.2, 0) is 5.41 Å². The summed E-state index contributed by atoms with van der Waals surface area (Å²) >= 11 is 0. The highest BCUT2D eigenvalue weighted by molar-refractivity contribution is 6.10. The van der Waals surface area contributed by atoms with E-state index in [2.05, 4.69) is 188 Å². The highest BCUT2D eigenvalue weighted by Gasteiger charge is 2.36. The van der Waals surface area contributed by atoms with Gasteiger partial charge in [0.15, 0.2) is 0 Å². The second kappa shape index (κ2) is 11.2. The van der Waals surface area contributed by atoms with Crippen molar-refractivity contribution < 1.29 is 0 Å². The molecule has 244 valence electrons. The van der Waals surface area contributed by atoms with E-state index in [0.717, 1.165) is 18.5 Å². The molecule has 7 aromatic rings. The van der Waals surface area contributed by atoms with Crippen LogP contribution in [0.3, 0.4) is 0 Å². The van der Waals surface area contributed by atoms with Crippen molar-refractivity contribution in [1.82, 2.24) is 4.57 Å². The van der Waals surface area contributed by atoms with E-state index in [0.29, 0.717) is 0 Å². The average Bonchev–Trinajstić information content (AvgIpc) is 3.61. The summed E-state index contributed by atoms with van der Waals surface area (Å²) in [6.45, 7) is 9.27. The Bertz CT molecular complexity index is 2740. The molecule has 0 unspecified atom stereocenters. The molecule has 0 saturated carbocycles. The zero-order chi connectivity index (χ0) is 34.3. The van der Waals surface area contributed by atoms with Gasteiger partial charge in [-0.3, -0.25) is 0 Å². The maximum atomic E-state index is 4.57. The number of anilines is 1. The largest absolute Gasteiger partial charge is 0.314 e. The van der Waals surface area contributed by atoms with Gasteiger partial charge in [0.25, 0.3) is 0 Å². The zero-order valence-corrected chi connectivity index (χ0v) is 29.0. The molecule has 0 N–H and O–H groups in total. The van der Waals surface area contributed by atoms with E-state index in [4.69, 9.17) is 0 Å². The standard InChI is InChI=1S/C49H38N2/c1-32-12-4-5-15-37-28-35(21-26-46(37)50(32)39-24-25-41-40-16-8-10-18-44(40)49(2,3)45(41)31-39)36-22-27-48-43(30-36)42-17-9-11-19-47(42)51(48)38-23-20-33-13-6-7-14-34(33)29-38/h4-20,22-25,27-31H,1,21,26H2,2-3H3/b12-4-,15-5-. The van der Waals surface area contributed by atoms with Crippen molar-refractivity contribution in [1.29, 1.82) is 0 Å². The van der Waals surface area contributed by atoms with E-state index in [1.54, 1.807) is 0 Å². The second-order valence-electron chi connectivity index (χ2n) is 14.6. The fourth-order valence-corrected chi connectivity index (χ4v) is 8.85. The molecule has 0 amide bonds. The van der Waals surface area contributed by atoms with Gasteiger partial charge in [0.05, 0.1) is 11.0 Å². The lowest BCUT2D eigenvalue weighted by atomic mass is 9.82. The number of hydrogen-bond acceptors (Lipinski definition) is 1. The van der Waals surface area contributed by atoms with Gasteiger partial charge in [0.2, 0.25) is 0 Å². The summed E-state index contributed by atoms with van der Waals surface area (Å²) < 4.78 is 2.42. The lowest BCUT2D eigenvalue weighted by Crippen LogP contribution is -2.24. The number of benzene rings is 6. The Kier molecular flexibility index (Phi) is 6.54. The first-order valence-electron chi connectivity index (χ1n) is 18.0. The molecule has 2 heterocycles. The molecule has 51 heavy (non-hydrogen) atoms. The predicted molar refractivity (Wildman–Crippen MR) is 216 cm³/mol. The highest BCUT2D eigenvalue weighted by atomic mass is 15.2. The summed E-state index contributed by atoms with van der Waals surface area (Å²) in [5.41, 5.74) is 16.4. The third-order valence-electron chi connectivity index (χ3n) is 11.4. The minimum absolute atomic E-state index is 0.0608. The Labute approximate surface area is 299 Å². The molecule has 0 radical (unpaired) electrons. The number of para-hydroxylation sites is 1. The SMILES string of the molecule is C=C1/C=C\C=C/C2=C(CCC(c3ccc4c(c3)c3ccccc3n4-c3ccc4ccccc4c3)=C2)N1c1ccc2c(c1)C(C)(C)c1ccccc1-2. The van der Waals surface area contributed by atoms with Gasteiger partial charge in [-0.1, -0.05) is 124 Å². The maximum absolute atomic E-state index is 4.57. The van der Waals surface area contributed by atoms with Crippen LogP contribution in [0, 0.1) is 0 Å². The van der Waals surface area contributed by atoms with Crippen LogP contribution in [0.15, 0.2) is 181 Å². The van der Waals surface area contributed by atoms with Gasteiger partial charge >= 0.3 is 0 Å². The van der Waals surface area contributed by atoms with Crippen LogP contribution in [0.25, 0.3) is 55.0 Å². The Morgan fingerprint density at radius 2 is 1.33 bits per heavy atom. The normalized spacial score (nSPS) is 17.6. The second-order valence-corrected chi connectivity index (χ2v) is 14.6. The Balaban J connectivity index is 1.08. The van der Waals surface area contributed by atoms with Crippen molar-refractivity contribution in [2.75, 3.05) is 4.90 Å². The van der Waals surface area contributed by atoms with Gasteiger partial charge in [0, 0.05) is 39.0 Å². The van der Waals surface area contributed by atoms with Crippen molar-refractivity contribution in [3.63, 3.8) is 0 Å². The topological polar surface area (TPSA) is 8.17 Å². The van der Waals surface area contributed by atoms with Crippen molar-refractivity contribution in [2.24, 2.45) is 0 Å². The lowest BCUT2D eigenvalue weighted by Gasteiger charge is -2.33. The van der Waals surface area contributed by atoms with Gasteiger partial charge in [0.1, 0.15) is 0 Å². The molecular formula is C49H38N2. The number of aromatic nitrogens is 1. The summed E-state index contributed by atoms with van der Waals surface area (Å²) in [4.78, 5) is 2.39. The van der Waals surface area contributed by atoms with Crippen LogP contribution in [0.5, 0.6) is 0 Å². The van der Waals surface area contributed by atoms with Crippen molar-refractivity contribution in [3.05, 3.63) is 198 Å². The molecule has 2 heteroatoms. The molecule has 2 nitrogen and oxygen atoms in total. The fourth-order valence-electron chi connectivity index (χ4n) is 8.85. The smallest absolute Gasteiger partial charge is 0.0541 e. The Morgan fingerprint density at radius 3 is 2.25 bits per heavy atom. The number of allylic oxidation sites excluding steroid dienone is 8.